The van der Waals surface area contributed by atoms with Crippen LogP contribution in [0.4, 0.5) is 30.2 Å². The molecule has 0 atom stereocenters. The summed E-state index contributed by atoms with van der Waals surface area (Å²) >= 11 is 0. The number of rotatable bonds is 6. The standard InChI is InChI=1S/C19H19F3N4O3/c20-19(21,22)14-5-6-16(25-7-1-2-8-25)15(10-14)24-11-13-4-3-12(18(23)27)9-17(13)26(28)29/h3-6,9-10,24H,1-2,7-8,11H2,(H2,23,27). The number of nitro benzene ring substituents is 1. The fourth-order valence-corrected chi connectivity index (χ4v) is 3.31. The lowest BCUT2D eigenvalue weighted by atomic mass is 10.1. The first-order valence-corrected chi connectivity index (χ1v) is 8.94. The predicted molar refractivity (Wildman–Crippen MR) is 102 cm³/mol. The second-order valence-corrected chi connectivity index (χ2v) is 6.74. The molecule has 0 unspecified atom stereocenters. The van der Waals surface area contributed by atoms with Gasteiger partial charge in [-0.25, -0.2) is 0 Å². The number of benzene rings is 2. The van der Waals surface area contributed by atoms with E-state index < -0.39 is 22.6 Å². The third kappa shape index (κ3) is 4.58. The van der Waals surface area contributed by atoms with Crippen molar-refractivity contribution < 1.29 is 22.9 Å². The van der Waals surface area contributed by atoms with E-state index >= 15 is 0 Å². The van der Waals surface area contributed by atoms with Gasteiger partial charge in [-0.2, -0.15) is 13.2 Å². The zero-order valence-corrected chi connectivity index (χ0v) is 15.3. The average Bonchev–Trinajstić information content (AvgIpc) is 3.19. The van der Waals surface area contributed by atoms with Crippen LogP contribution in [0.15, 0.2) is 36.4 Å². The smallest absolute Gasteiger partial charge is 0.379 e. The van der Waals surface area contributed by atoms with E-state index in [2.05, 4.69) is 5.32 Å². The Hall–Kier alpha value is -3.30. The van der Waals surface area contributed by atoms with Crippen molar-refractivity contribution in [2.24, 2.45) is 5.73 Å². The van der Waals surface area contributed by atoms with Gasteiger partial charge in [0, 0.05) is 36.8 Å². The van der Waals surface area contributed by atoms with E-state index in [-0.39, 0.29) is 29.0 Å². The Kier molecular flexibility index (Phi) is 5.62. The quantitative estimate of drug-likeness (QED) is 0.557. The van der Waals surface area contributed by atoms with E-state index in [4.69, 9.17) is 5.73 Å². The van der Waals surface area contributed by atoms with Gasteiger partial charge in [0.1, 0.15) is 0 Å². The van der Waals surface area contributed by atoms with Gasteiger partial charge < -0.3 is 16.0 Å². The predicted octanol–water partition coefficient (Wildman–Crippen LogP) is 3.92. The number of carbonyl (C=O) groups is 1. The maximum absolute atomic E-state index is 13.2. The molecule has 3 rings (SSSR count). The Morgan fingerprint density at radius 2 is 1.86 bits per heavy atom. The topological polar surface area (TPSA) is 102 Å². The zero-order valence-electron chi connectivity index (χ0n) is 15.3. The number of primary amides is 1. The molecule has 1 saturated heterocycles. The summed E-state index contributed by atoms with van der Waals surface area (Å²) in [6.07, 6.45) is -2.61. The Morgan fingerprint density at radius 3 is 2.45 bits per heavy atom. The van der Waals surface area contributed by atoms with E-state index in [1.54, 1.807) is 0 Å². The molecule has 2 aromatic carbocycles. The maximum atomic E-state index is 13.2. The van der Waals surface area contributed by atoms with Crippen LogP contribution in [-0.4, -0.2) is 23.9 Å². The third-order valence-electron chi connectivity index (χ3n) is 4.81. The Balaban J connectivity index is 1.93. The highest BCUT2D eigenvalue weighted by Crippen LogP contribution is 2.37. The monoisotopic (exact) mass is 408 g/mol. The molecule has 1 heterocycles. The number of nitro groups is 1. The molecule has 1 amide bonds. The number of anilines is 2. The Morgan fingerprint density at radius 1 is 1.17 bits per heavy atom. The van der Waals surface area contributed by atoms with E-state index in [1.807, 2.05) is 4.90 Å². The molecule has 0 aliphatic carbocycles. The lowest BCUT2D eigenvalue weighted by molar-refractivity contribution is -0.385. The maximum Gasteiger partial charge on any atom is 0.416 e. The van der Waals surface area contributed by atoms with Crippen molar-refractivity contribution >= 4 is 23.0 Å². The molecule has 3 N–H and O–H groups in total. The number of nitrogens with two attached hydrogens (primary N) is 1. The summed E-state index contributed by atoms with van der Waals surface area (Å²) < 4.78 is 39.5. The van der Waals surface area contributed by atoms with Gasteiger partial charge >= 0.3 is 6.18 Å². The summed E-state index contributed by atoms with van der Waals surface area (Å²) in [5, 5.41) is 14.2. The number of hydrogen-bond donors (Lipinski definition) is 2. The van der Waals surface area contributed by atoms with Crippen LogP contribution >= 0.6 is 0 Å². The number of nitrogens with one attached hydrogen (secondary N) is 1. The van der Waals surface area contributed by atoms with Crippen LogP contribution < -0.4 is 16.0 Å². The van der Waals surface area contributed by atoms with Crippen molar-refractivity contribution in [3.8, 4) is 0 Å². The van der Waals surface area contributed by atoms with Gasteiger partial charge in [-0.3, -0.25) is 14.9 Å². The molecule has 1 aliphatic heterocycles. The van der Waals surface area contributed by atoms with Gasteiger partial charge in [0.2, 0.25) is 5.91 Å². The van der Waals surface area contributed by atoms with Crippen LogP contribution in [-0.2, 0) is 12.7 Å². The van der Waals surface area contributed by atoms with Gasteiger partial charge in [-0.05, 0) is 43.2 Å². The number of alkyl halides is 3. The number of carbonyl (C=O) groups excluding carboxylic acids is 1. The summed E-state index contributed by atoms with van der Waals surface area (Å²) in [7, 11) is 0. The average molecular weight is 408 g/mol. The van der Waals surface area contributed by atoms with E-state index in [1.165, 1.54) is 18.2 Å². The number of halogens is 3. The molecule has 1 aliphatic rings. The molecule has 29 heavy (non-hydrogen) atoms. The molecule has 0 spiro atoms. The summed E-state index contributed by atoms with van der Waals surface area (Å²) in [5.41, 5.74) is 5.09. The van der Waals surface area contributed by atoms with E-state index in [0.717, 1.165) is 44.1 Å². The molecule has 10 heteroatoms. The highest BCUT2D eigenvalue weighted by molar-refractivity contribution is 5.93. The van der Waals surface area contributed by atoms with Crippen molar-refractivity contribution in [1.82, 2.24) is 0 Å². The lowest BCUT2D eigenvalue weighted by Crippen LogP contribution is -2.20. The van der Waals surface area contributed by atoms with E-state index in [9.17, 15) is 28.1 Å². The van der Waals surface area contributed by atoms with Crippen LogP contribution in [0, 0.1) is 10.1 Å². The summed E-state index contributed by atoms with van der Waals surface area (Å²) in [6, 6.07) is 7.24. The molecule has 0 bridgehead atoms. The Labute approximate surface area is 164 Å². The first kappa shape index (κ1) is 20.4. The highest BCUT2D eigenvalue weighted by Gasteiger charge is 2.31. The van der Waals surface area contributed by atoms with Gasteiger partial charge in [-0.1, -0.05) is 0 Å². The van der Waals surface area contributed by atoms with Gasteiger partial charge in [-0.15, -0.1) is 0 Å². The lowest BCUT2D eigenvalue weighted by Gasteiger charge is -2.23. The van der Waals surface area contributed by atoms with Gasteiger partial charge in [0.05, 0.1) is 21.9 Å². The number of hydrogen-bond acceptors (Lipinski definition) is 5. The van der Waals surface area contributed by atoms with Crippen LogP contribution in [0.3, 0.4) is 0 Å². The van der Waals surface area contributed by atoms with Crippen LogP contribution in [0.25, 0.3) is 0 Å². The summed E-state index contributed by atoms with van der Waals surface area (Å²) in [6.45, 7) is 1.37. The largest absolute Gasteiger partial charge is 0.416 e. The van der Waals surface area contributed by atoms with Crippen LogP contribution in [0.2, 0.25) is 0 Å². The first-order valence-electron chi connectivity index (χ1n) is 8.94. The molecule has 0 radical (unpaired) electrons. The van der Waals surface area contributed by atoms with Gasteiger partial charge in [0.15, 0.2) is 0 Å². The molecule has 1 fully saturated rings. The first-order chi connectivity index (χ1) is 13.7. The highest BCUT2D eigenvalue weighted by atomic mass is 19.4. The minimum atomic E-state index is -4.50. The van der Waals surface area contributed by atoms with Crippen molar-refractivity contribution in [3.05, 3.63) is 63.2 Å². The minimum absolute atomic E-state index is 0.0164. The molecule has 7 nitrogen and oxygen atoms in total. The molecule has 154 valence electrons. The van der Waals surface area contributed by atoms with Crippen LogP contribution in [0.1, 0.15) is 34.3 Å². The number of nitrogens with zero attached hydrogens (tertiary/aromatic N) is 2. The molecular formula is C19H19F3N4O3. The van der Waals surface area contributed by atoms with Crippen LogP contribution in [0.5, 0.6) is 0 Å². The normalized spacial score (nSPS) is 14.1. The fraction of sp³-hybridized carbons (Fsp3) is 0.316. The minimum Gasteiger partial charge on any atom is -0.379 e. The van der Waals surface area contributed by atoms with Crippen molar-refractivity contribution in [1.29, 1.82) is 0 Å². The molecule has 0 saturated carbocycles. The second kappa shape index (κ2) is 7.98. The molecular weight excluding hydrogens is 389 g/mol. The summed E-state index contributed by atoms with van der Waals surface area (Å²) in [4.78, 5) is 23.9. The van der Waals surface area contributed by atoms with Gasteiger partial charge in [0.25, 0.3) is 5.69 Å². The fourth-order valence-electron chi connectivity index (χ4n) is 3.31. The molecule has 2 aromatic rings. The third-order valence-corrected chi connectivity index (χ3v) is 4.81. The zero-order chi connectivity index (χ0) is 21.2. The Bertz CT molecular complexity index is 941. The second-order valence-electron chi connectivity index (χ2n) is 6.74. The van der Waals surface area contributed by atoms with Crippen molar-refractivity contribution in [2.75, 3.05) is 23.3 Å². The summed E-state index contributed by atoms with van der Waals surface area (Å²) in [5.74, 6) is -0.804. The molecule has 0 aromatic heterocycles. The van der Waals surface area contributed by atoms with Crippen molar-refractivity contribution in [2.45, 2.75) is 25.6 Å². The van der Waals surface area contributed by atoms with Crippen molar-refractivity contribution in [3.63, 3.8) is 0 Å². The van der Waals surface area contributed by atoms with E-state index in [0.29, 0.717) is 5.69 Å². The SMILES string of the molecule is NC(=O)c1ccc(CNc2cc(C(F)(F)F)ccc2N2CCCC2)c([N+](=O)[O-])c1. The number of amides is 1.